The first-order chi connectivity index (χ1) is 3.71. The Morgan fingerprint density at radius 3 is 1.33 bits per heavy atom. The third-order valence-electron chi connectivity index (χ3n) is 0.713. The molecule has 0 saturated heterocycles. The minimum Gasteiger partial charge on any atom is -0.384 e. The molecule has 1 N–H and O–H groups in total. The zero-order valence-corrected chi connectivity index (χ0v) is 9.21. The first kappa shape index (κ1) is 9.39. The first-order valence-electron chi connectivity index (χ1n) is 3.35. The molecule has 56 valence electrons. The fourth-order valence-corrected chi connectivity index (χ4v) is 9.14. The predicted molar refractivity (Wildman–Crippen MR) is 49.3 cm³/mol. The summed E-state index contributed by atoms with van der Waals surface area (Å²) in [7, 11) is -2.27. The molecule has 0 aromatic heterocycles. The van der Waals surface area contributed by atoms with Gasteiger partial charge >= 0.3 is 0 Å². The van der Waals surface area contributed by atoms with E-state index in [1.54, 1.807) is 0 Å². The van der Waals surface area contributed by atoms with E-state index >= 15 is 0 Å². The molecular formula is C6H18NSi2-. The second-order valence-corrected chi connectivity index (χ2v) is 13.5. The van der Waals surface area contributed by atoms with Crippen molar-refractivity contribution in [2.24, 2.45) is 0 Å². The van der Waals surface area contributed by atoms with E-state index in [1.165, 1.54) is 0 Å². The summed E-state index contributed by atoms with van der Waals surface area (Å²) in [5.41, 5.74) is 0. The minimum absolute atomic E-state index is 1.04. The summed E-state index contributed by atoms with van der Waals surface area (Å²) < 4.78 is 3.62. The highest BCUT2D eigenvalue weighted by molar-refractivity contribution is 6.91. The van der Waals surface area contributed by atoms with Crippen LogP contribution >= 0.6 is 0 Å². The molecule has 9 heavy (non-hydrogen) atoms. The van der Waals surface area contributed by atoms with Crippen LogP contribution < -0.4 is 4.65 Å². The molecule has 0 amide bonds. The van der Waals surface area contributed by atoms with E-state index in [2.05, 4.69) is 43.9 Å². The Morgan fingerprint density at radius 1 is 1.00 bits per heavy atom. The van der Waals surface area contributed by atoms with Gasteiger partial charge in [0.25, 0.3) is 0 Å². The smallest absolute Gasteiger partial charge is 0.108 e. The topological polar surface area (TPSA) is 12.0 Å². The second-order valence-electron chi connectivity index (χ2n) is 4.26. The zero-order chi connectivity index (χ0) is 7.71. The largest absolute Gasteiger partial charge is 0.384 e. The molecule has 0 unspecified atom stereocenters. The number of hydrogen-bond acceptors (Lipinski definition) is 1. The van der Waals surface area contributed by atoms with Crippen LogP contribution in [0.15, 0.2) is 0 Å². The van der Waals surface area contributed by atoms with Crippen molar-refractivity contribution in [2.75, 3.05) is 0 Å². The van der Waals surface area contributed by atoms with E-state index in [1.807, 2.05) is 0 Å². The Bertz CT molecular complexity index is 76.2. The van der Waals surface area contributed by atoms with Crippen LogP contribution in [0.25, 0.3) is 0 Å². The molecule has 0 aromatic carbocycles. The first-order valence-corrected chi connectivity index (χ1v) is 10.1. The molecule has 3 heteroatoms. The van der Waals surface area contributed by atoms with Gasteiger partial charge in [-0.15, -0.1) is 0 Å². The van der Waals surface area contributed by atoms with Crippen LogP contribution in [0.3, 0.4) is 0 Å². The minimum atomic E-state index is -1.23. The molecule has 0 rings (SSSR count). The molecule has 0 aliphatic rings. The van der Waals surface area contributed by atoms with Crippen LogP contribution in [0.1, 0.15) is 0 Å². The summed E-state index contributed by atoms with van der Waals surface area (Å²) in [5.74, 6) is 0. The van der Waals surface area contributed by atoms with E-state index < -0.39 is 16.5 Å². The molecular weight excluding hydrogens is 142 g/mol. The molecule has 0 aliphatic carbocycles. The van der Waals surface area contributed by atoms with Crippen molar-refractivity contribution in [3.63, 3.8) is 0 Å². The zero-order valence-electron chi connectivity index (χ0n) is 7.21. The van der Waals surface area contributed by atoms with E-state index in [9.17, 15) is 0 Å². The van der Waals surface area contributed by atoms with Gasteiger partial charge in [0, 0.05) is 0 Å². The van der Waals surface area contributed by atoms with Crippen LogP contribution in [0.4, 0.5) is 0 Å². The fourth-order valence-electron chi connectivity index (χ4n) is 1.02. The van der Waals surface area contributed by atoms with Crippen molar-refractivity contribution in [1.82, 2.24) is 4.65 Å². The van der Waals surface area contributed by atoms with Gasteiger partial charge in [-0.2, -0.15) is 0 Å². The molecule has 0 aliphatic heterocycles. The van der Waals surface area contributed by atoms with E-state index in [-0.39, 0.29) is 0 Å². The maximum absolute atomic E-state index is 4.12. The normalized spacial score (nSPS) is 14.0. The molecule has 0 radical (unpaired) electrons. The van der Waals surface area contributed by atoms with Gasteiger partial charge in [0.05, 0.1) is 0 Å². The molecule has 0 atom stereocenters. The monoisotopic (exact) mass is 160 g/mol. The van der Waals surface area contributed by atoms with Crippen LogP contribution in [-0.2, 0) is 0 Å². The van der Waals surface area contributed by atoms with Crippen LogP contribution in [0, 0.1) is 6.55 Å². The lowest BCUT2D eigenvalue weighted by molar-refractivity contribution is 1.32. The van der Waals surface area contributed by atoms with Crippen molar-refractivity contribution < 1.29 is 0 Å². The van der Waals surface area contributed by atoms with Crippen molar-refractivity contribution in [3.05, 3.63) is 6.55 Å². The standard InChI is InChI=1S/C6H18NSi2/c1-8(2,3)7-9(4,5)6/h7H,1H2,2-6H3/q-1. The van der Waals surface area contributed by atoms with Crippen molar-refractivity contribution in [2.45, 2.75) is 32.7 Å². The highest BCUT2D eigenvalue weighted by atomic mass is 28.4. The lowest BCUT2D eigenvalue weighted by atomic mass is 11.8. The van der Waals surface area contributed by atoms with Gasteiger partial charge in [-0.3, -0.25) is 0 Å². The van der Waals surface area contributed by atoms with Crippen LogP contribution in [-0.4, -0.2) is 16.5 Å². The molecule has 0 aromatic rings. The summed E-state index contributed by atoms with van der Waals surface area (Å²) in [4.78, 5) is 0. The molecule has 1 nitrogen and oxygen atoms in total. The molecule has 0 saturated carbocycles. The Morgan fingerprint density at radius 2 is 1.33 bits per heavy atom. The third kappa shape index (κ3) is 8.39. The summed E-state index contributed by atoms with van der Waals surface area (Å²) in [6, 6.07) is 0. The van der Waals surface area contributed by atoms with Gasteiger partial charge in [-0.25, -0.2) is 0 Å². The predicted octanol–water partition coefficient (Wildman–Crippen LogP) is 1.99. The SMILES string of the molecule is [CH2-][Si](C)(C)N[Si](C)(C)C. The molecule has 0 spiro atoms. The summed E-state index contributed by atoms with van der Waals surface area (Å²) in [5, 5.41) is 0. The Labute approximate surface area is 61.0 Å². The quantitative estimate of drug-likeness (QED) is 0.481. The van der Waals surface area contributed by atoms with Crippen LogP contribution in [0.2, 0.25) is 32.7 Å². The highest BCUT2D eigenvalue weighted by Gasteiger charge is 2.16. The highest BCUT2D eigenvalue weighted by Crippen LogP contribution is 2.01. The maximum atomic E-state index is 4.12. The van der Waals surface area contributed by atoms with Crippen molar-refractivity contribution in [1.29, 1.82) is 0 Å². The van der Waals surface area contributed by atoms with E-state index in [0.717, 1.165) is 0 Å². The Hall–Kier alpha value is 0.394. The van der Waals surface area contributed by atoms with Gasteiger partial charge in [-0.05, 0) is 8.24 Å². The lowest BCUT2D eigenvalue weighted by Crippen LogP contribution is -2.55. The molecule has 0 heterocycles. The van der Waals surface area contributed by atoms with Gasteiger partial charge in [0.15, 0.2) is 0 Å². The Kier molecular flexibility index (Phi) is 2.67. The van der Waals surface area contributed by atoms with Gasteiger partial charge in [0.1, 0.15) is 8.24 Å². The average molecular weight is 160 g/mol. The summed E-state index contributed by atoms with van der Waals surface area (Å²) in [6.07, 6.45) is 0. The fraction of sp³-hybridized carbons (Fsp3) is 0.833. The van der Waals surface area contributed by atoms with E-state index in [4.69, 9.17) is 0 Å². The molecule has 0 fully saturated rings. The lowest BCUT2D eigenvalue weighted by Gasteiger charge is -2.34. The van der Waals surface area contributed by atoms with Crippen molar-refractivity contribution in [3.8, 4) is 0 Å². The third-order valence-corrected chi connectivity index (χ3v) is 6.42. The van der Waals surface area contributed by atoms with Gasteiger partial charge in [0.2, 0.25) is 0 Å². The Balaban J connectivity index is 3.75. The van der Waals surface area contributed by atoms with Crippen molar-refractivity contribution >= 4 is 16.5 Å². The number of nitrogens with one attached hydrogen (secondary N) is 1. The van der Waals surface area contributed by atoms with Gasteiger partial charge < -0.3 is 11.2 Å². The van der Waals surface area contributed by atoms with Gasteiger partial charge in [-0.1, -0.05) is 32.7 Å². The number of rotatable bonds is 2. The average Bonchev–Trinajstić information content (AvgIpc) is 1.14. The van der Waals surface area contributed by atoms with Crippen LogP contribution in [0.5, 0.6) is 0 Å². The van der Waals surface area contributed by atoms with E-state index in [0.29, 0.717) is 0 Å². The molecule has 0 bridgehead atoms. The second kappa shape index (κ2) is 2.56. The number of hydrogen-bond donors (Lipinski definition) is 1. The summed E-state index contributed by atoms with van der Waals surface area (Å²) >= 11 is 0. The summed E-state index contributed by atoms with van der Waals surface area (Å²) in [6.45, 7) is 15.5. The maximum Gasteiger partial charge on any atom is 0.108 e.